The summed E-state index contributed by atoms with van der Waals surface area (Å²) in [6.07, 6.45) is 17.7. The summed E-state index contributed by atoms with van der Waals surface area (Å²) in [5.74, 6) is -1.93. The Hall–Kier alpha value is -5.76. The summed E-state index contributed by atoms with van der Waals surface area (Å²) in [6, 6.07) is 22.7. The monoisotopic (exact) mass is 734 g/mol. The summed E-state index contributed by atoms with van der Waals surface area (Å²) in [4.78, 5) is 42.1. The van der Waals surface area contributed by atoms with Gasteiger partial charge in [0.15, 0.2) is 0 Å². The zero-order chi connectivity index (χ0) is 38.3. The van der Waals surface area contributed by atoms with Crippen molar-refractivity contribution < 1.29 is 19.8 Å². The quantitative estimate of drug-likeness (QED) is 0.0824. The predicted octanol–water partition coefficient (Wildman–Crippen LogP) is 11.6. The second kappa shape index (κ2) is 17.1. The van der Waals surface area contributed by atoms with Crippen molar-refractivity contribution in [1.82, 2.24) is 19.9 Å². The number of H-pyrrole nitrogens is 2. The van der Waals surface area contributed by atoms with Gasteiger partial charge in [-0.1, -0.05) is 76.6 Å². The van der Waals surface area contributed by atoms with Gasteiger partial charge in [-0.25, -0.2) is 14.6 Å². The van der Waals surface area contributed by atoms with Gasteiger partial charge in [-0.05, 0) is 117 Å². The maximum atomic E-state index is 11.8. The van der Waals surface area contributed by atoms with Crippen LogP contribution in [0.5, 0.6) is 0 Å². The molecule has 0 atom stereocenters. The molecule has 7 rings (SSSR count). The van der Waals surface area contributed by atoms with Crippen LogP contribution < -0.4 is 0 Å². The van der Waals surface area contributed by atoms with Crippen LogP contribution >= 0.6 is 0 Å². The van der Waals surface area contributed by atoms with Crippen molar-refractivity contribution in [2.45, 2.75) is 97.3 Å². The number of hydrogen-bond donors (Lipinski definition) is 4. The first-order valence-electron chi connectivity index (χ1n) is 20.0. The van der Waals surface area contributed by atoms with E-state index in [2.05, 4.69) is 60.2 Å². The summed E-state index contributed by atoms with van der Waals surface area (Å²) < 4.78 is 0. The van der Waals surface area contributed by atoms with Crippen LogP contribution in [0.2, 0.25) is 0 Å². The highest BCUT2D eigenvalue weighted by atomic mass is 16.4. The number of nitrogens with zero attached hydrogens (tertiary/aromatic N) is 2. The van der Waals surface area contributed by atoms with Crippen LogP contribution in [-0.2, 0) is 25.7 Å². The molecule has 2 aliphatic heterocycles. The van der Waals surface area contributed by atoms with Crippen LogP contribution in [0.1, 0.15) is 126 Å². The molecule has 8 nitrogen and oxygen atoms in total. The number of carboxylic acid groups (broad SMARTS) is 2. The first-order chi connectivity index (χ1) is 26.8. The molecule has 8 heteroatoms. The van der Waals surface area contributed by atoms with Gasteiger partial charge in [0.1, 0.15) is 0 Å². The molecule has 5 heterocycles. The molecule has 0 radical (unpaired) electrons. The number of carboxylic acids is 2. The van der Waals surface area contributed by atoms with Crippen LogP contribution in [0.25, 0.3) is 56.5 Å². The van der Waals surface area contributed by atoms with Gasteiger partial charge in [-0.15, -0.1) is 0 Å². The predicted molar refractivity (Wildman–Crippen MR) is 222 cm³/mol. The molecule has 8 bridgehead atoms. The number of aryl methyl sites for hydroxylation is 4. The molecule has 2 aromatic carbocycles. The number of benzene rings is 2. The average molecular weight is 735 g/mol. The van der Waals surface area contributed by atoms with E-state index in [0.717, 1.165) is 125 Å². The standard InChI is InChI=1S/C47H50N4O4/c1-3-5-7-9-12-34-36-24-25-37(48-36)35(13-10-8-6-4-2)39-27-29-43(50-39)45(31-18-22-33(23-19-31)47(54)55)41-15-11-14-40(51-41)44(42-28-26-38(34)49-42)30-16-20-32(21-17-30)46(52)53/h16-29,49-50H,3-15H2,1-2H3,(H,52,53)(H,54,55). The van der Waals surface area contributed by atoms with Crippen LogP contribution in [-0.4, -0.2) is 42.1 Å². The number of aromatic amines is 2. The molecule has 4 N–H and O–H groups in total. The van der Waals surface area contributed by atoms with Gasteiger partial charge >= 0.3 is 11.9 Å². The lowest BCUT2D eigenvalue weighted by molar-refractivity contribution is 0.0686. The Bertz CT molecular complexity index is 2220. The third-order valence-corrected chi connectivity index (χ3v) is 10.9. The van der Waals surface area contributed by atoms with Crippen molar-refractivity contribution >= 4 is 46.2 Å². The maximum Gasteiger partial charge on any atom is 0.335 e. The molecule has 0 amide bonds. The molecule has 2 aliphatic rings. The zero-order valence-corrected chi connectivity index (χ0v) is 31.9. The largest absolute Gasteiger partial charge is 0.478 e. The molecule has 0 aliphatic carbocycles. The van der Waals surface area contributed by atoms with Gasteiger partial charge in [0.05, 0.1) is 33.9 Å². The van der Waals surface area contributed by atoms with Gasteiger partial charge in [0.25, 0.3) is 0 Å². The highest BCUT2D eigenvalue weighted by Crippen LogP contribution is 2.35. The molecule has 3 aromatic heterocycles. The summed E-state index contributed by atoms with van der Waals surface area (Å²) in [7, 11) is 0. The molecule has 0 saturated heterocycles. The van der Waals surface area contributed by atoms with Crippen LogP contribution in [0, 0.1) is 0 Å². The fourth-order valence-electron chi connectivity index (χ4n) is 7.96. The second-order valence-corrected chi connectivity index (χ2v) is 14.7. The number of rotatable bonds is 14. The second-order valence-electron chi connectivity index (χ2n) is 14.7. The van der Waals surface area contributed by atoms with E-state index >= 15 is 0 Å². The van der Waals surface area contributed by atoms with E-state index in [1.54, 1.807) is 24.3 Å². The van der Waals surface area contributed by atoms with Crippen LogP contribution in [0.4, 0.5) is 0 Å². The molecule has 0 unspecified atom stereocenters. The fraction of sp³-hybridized carbons (Fsp3) is 0.319. The third kappa shape index (κ3) is 8.34. The van der Waals surface area contributed by atoms with Crippen LogP contribution in [0.15, 0.2) is 72.8 Å². The van der Waals surface area contributed by atoms with E-state index in [4.69, 9.17) is 9.97 Å². The van der Waals surface area contributed by atoms with Gasteiger partial charge in [-0.2, -0.15) is 0 Å². The summed E-state index contributed by atoms with van der Waals surface area (Å²) in [6.45, 7) is 4.47. The molecule has 0 spiro atoms. The van der Waals surface area contributed by atoms with E-state index in [9.17, 15) is 19.8 Å². The number of nitrogens with one attached hydrogen (secondary N) is 2. The van der Waals surface area contributed by atoms with Crippen LogP contribution in [0.3, 0.4) is 0 Å². The molecule has 0 fully saturated rings. The minimum absolute atomic E-state index is 0.230. The van der Waals surface area contributed by atoms with Gasteiger partial charge < -0.3 is 20.2 Å². The van der Waals surface area contributed by atoms with E-state index in [0.29, 0.717) is 0 Å². The maximum absolute atomic E-state index is 11.8. The van der Waals surface area contributed by atoms with Gasteiger partial charge in [-0.3, -0.25) is 4.98 Å². The van der Waals surface area contributed by atoms with Crippen molar-refractivity contribution in [3.05, 3.63) is 118 Å². The Balaban J connectivity index is 1.58. The first kappa shape index (κ1) is 37.6. The van der Waals surface area contributed by atoms with E-state index in [-0.39, 0.29) is 11.1 Å². The SMILES string of the molecule is CCCCCCc1c2nc(c(CCCCCC)c3ccc([nH]3)c(-c3ccc(C(=O)O)cc3)c3nc(c(-c4ccc(C(=O)O)cc4)c4ccc1[nH]4)CCC3)C=C2. The molecule has 0 saturated carbocycles. The van der Waals surface area contributed by atoms with E-state index in [1.165, 1.54) is 36.8 Å². The zero-order valence-electron chi connectivity index (χ0n) is 31.9. The van der Waals surface area contributed by atoms with Crippen molar-refractivity contribution in [2.75, 3.05) is 0 Å². The van der Waals surface area contributed by atoms with Gasteiger partial charge in [0, 0.05) is 44.3 Å². The lowest BCUT2D eigenvalue weighted by Crippen LogP contribution is -2.06. The van der Waals surface area contributed by atoms with Crippen molar-refractivity contribution in [2.24, 2.45) is 0 Å². The number of aromatic carboxylic acids is 2. The highest BCUT2D eigenvalue weighted by Gasteiger charge is 2.20. The number of carbonyl (C=O) groups is 2. The lowest BCUT2D eigenvalue weighted by Gasteiger charge is -2.16. The Morgan fingerprint density at radius 3 is 1.36 bits per heavy atom. The topological polar surface area (TPSA) is 132 Å². The fourth-order valence-corrected chi connectivity index (χ4v) is 7.96. The normalized spacial score (nSPS) is 12.5. The first-order valence-corrected chi connectivity index (χ1v) is 20.0. The summed E-state index contributed by atoms with van der Waals surface area (Å²) >= 11 is 0. The Morgan fingerprint density at radius 1 is 0.545 bits per heavy atom. The van der Waals surface area contributed by atoms with E-state index < -0.39 is 11.9 Å². The molecular formula is C47H50N4O4. The number of fused-ring (bicyclic) bond motifs is 8. The van der Waals surface area contributed by atoms with Crippen molar-refractivity contribution in [3.8, 4) is 22.3 Å². The molecule has 5 aromatic rings. The lowest BCUT2D eigenvalue weighted by atomic mass is 9.94. The molecular weight excluding hydrogens is 685 g/mol. The summed E-state index contributed by atoms with van der Waals surface area (Å²) in [5.41, 5.74) is 14.2. The minimum Gasteiger partial charge on any atom is -0.478 e. The molecule has 282 valence electrons. The number of aromatic nitrogens is 4. The van der Waals surface area contributed by atoms with Gasteiger partial charge in [0.2, 0.25) is 0 Å². The molecule has 55 heavy (non-hydrogen) atoms. The summed E-state index contributed by atoms with van der Waals surface area (Å²) in [5, 5.41) is 19.4. The highest BCUT2D eigenvalue weighted by molar-refractivity contribution is 5.92. The third-order valence-electron chi connectivity index (χ3n) is 10.9. The minimum atomic E-state index is -0.967. The smallest absolute Gasteiger partial charge is 0.335 e. The average Bonchev–Trinajstić information content (AvgIpc) is 3.99. The Morgan fingerprint density at radius 2 is 0.964 bits per heavy atom. The number of unbranched alkanes of at least 4 members (excludes halogenated alkanes) is 6. The van der Waals surface area contributed by atoms with Crippen molar-refractivity contribution in [3.63, 3.8) is 0 Å². The Kier molecular flexibility index (Phi) is 11.7. The van der Waals surface area contributed by atoms with E-state index in [1.807, 2.05) is 24.3 Å². The number of hydrogen-bond acceptors (Lipinski definition) is 4. The van der Waals surface area contributed by atoms with Crippen molar-refractivity contribution in [1.29, 1.82) is 0 Å². The Labute approximate surface area is 322 Å².